The van der Waals surface area contributed by atoms with Crippen LogP contribution in [-0.2, 0) is 4.79 Å². The minimum atomic E-state index is -0.927. The molecule has 0 spiro atoms. The summed E-state index contributed by atoms with van der Waals surface area (Å²) < 4.78 is 5.34. The average Bonchev–Trinajstić information content (AvgIpc) is 2.43. The standard InChI is InChI=1S/C13H18N2O5/c1-4-14(3)13(17)8-20-12-6-5-10(15(18)19)7-11(12)9(2)16/h5-7,9,16H,4,8H2,1-3H3. The van der Waals surface area contributed by atoms with Crippen molar-refractivity contribution in [2.75, 3.05) is 20.2 Å². The van der Waals surface area contributed by atoms with E-state index in [1.165, 1.54) is 30.0 Å². The van der Waals surface area contributed by atoms with E-state index in [1.54, 1.807) is 7.05 Å². The van der Waals surface area contributed by atoms with E-state index < -0.39 is 11.0 Å². The molecule has 1 atom stereocenters. The topological polar surface area (TPSA) is 92.9 Å². The fourth-order valence-electron chi connectivity index (χ4n) is 1.53. The van der Waals surface area contributed by atoms with Crippen molar-refractivity contribution in [1.29, 1.82) is 0 Å². The van der Waals surface area contributed by atoms with Crippen LogP contribution < -0.4 is 4.74 Å². The molecule has 0 fully saturated rings. The Balaban J connectivity index is 2.89. The van der Waals surface area contributed by atoms with Gasteiger partial charge in [-0.05, 0) is 19.9 Å². The number of carbonyl (C=O) groups excluding carboxylic acids is 1. The highest BCUT2D eigenvalue weighted by Crippen LogP contribution is 2.29. The van der Waals surface area contributed by atoms with Gasteiger partial charge in [-0.2, -0.15) is 0 Å². The van der Waals surface area contributed by atoms with Crippen molar-refractivity contribution in [3.8, 4) is 5.75 Å². The predicted octanol–water partition coefficient (Wildman–Crippen LogP) is 1.51. The molecule has 0 aliphatic heterocycles. The van der Waals surface area contributed by atoms with Crippen LogP contribution in [0.4, 0.5) is 5.69 Å². The lowest BCUT2D eigenvalue weighted by atomic mass is 10.1. The van der Waals surface area contributed by atoms with Crippen molar-refractivity contribution >= 4 is 11.6 Å². The van der Waals surface area contributed by atoms with E-state index in [4.69, 9.17) is 4.74 Å². The Kier molecular flexibility index (Phi) is 5.45. The van der Waals surface area contributed by atoms with Gasteiger partial charge in [0.25, 0.3) is 11.6 Å². The van der Waals surface area contributed by atoms with Gasteiger partial charge in [0, 0.05) is 31.3 Å². The summed E-state index contributed by atoms with van der Waals surface area (Å²) in [6.07, 6.45) is -0.927. The third-order valence-electron chi connectivity index (χ3n) is 2.91. The van der Waals surface area contributed by atoms with E-state index in [2.05, 4.69) is 0 Å². The number of benzene rings is 1. The van der Waals surface area contributed by atoms with E-state index in [9.17, 15) is 20.0 Å². The normalized spacial score (nSPS) is 11.8. The van der Waals surface area contributed by atoms with Gasteiger partial charge in [0.2, 0.25) is 0 Å². The van der Waals surface area contributed by atoms with Crippen molar-refractivity contribution < 1.29 is 19.6 Å². The molecule has 0 heterocycles. The number of nitro groups is 1. The molecular formula is C13H18N2O5. The maximum Gasteiger partial charge on any atom is 0.270 e. The molecule has 0 aromatic heterocycles. The number of nitro benzene ring substituents is 1. The molecule has 1 unspecified atom stereocenters. The number of aliphatic hydroxyl groups excluding tert-OH is 1. The fraction of sp³-hybridized carbons (Fsp3) is 0.462. The molecule has 7 nitrogen and oxygen atoms in total. The van der Waals surface area contributed by atoms with E-state index in [0.717, 1.165) is 0 Å². The van der Waals surface area contributed by atoms with Crippen LogP contribution in [-0.4, -0.2) is 41.0 Å². The predicted molar refractivity (Wildman–Crippen MR) is 72.5 cm³/mol. The monoisotopic (exact) mass is 282 g/mol. The van der Waals surface area contributed by atoms with Gasteiger partial charge in [-0.15, -0.1) is 0 Å². The summed E-state index contributed by atoms with van der Waals surface area (Å²) in [5.41, 5.74) is 0.149. The zero-order valence-corrected chi connectivity index (χ0v) is 11.7. The van der Waals surface area contributed by atoms with Gasteiger partial charge in [0.15, 0.2) is 6.61 Å². The number of amides is 1. The van der Waals surface area contributed by atoms with E-state index >= 15 is 0 Å². The summed E-state index contributed by atoms with van der Waals surface area (Å²) >= 11 is 0. The largest absolute Gasteiger partial charge is 0.483 e. The van der Waals surface area contributed by atoms with Gasteiger partial charge in [0.05, 0.1) is 11.0 Å². The Morgan fingerprint density at radius 1 is 1.55 bits per heavy atom. The summed E-state index contributed by atoms with van der Waals surface area (Å²) in [4.78, 5) is 23.3. The van der Waals surface area contributed by atoms with Crippen LogP contribution >= 0.6 is 0 Å². The maximum atomic E-state index is 11.6. The number of rotatable bonds is 6. The molecule has 1 aromatic rings. The van der Waals surface area contributed by atoms with Crippen LogP contribution in [0.5, 0.6) is 5.75 Å². The third-order valence-corrected chi connectivity index (χ3v) is 2.91. The SMILES string of the molecule is CCN(C)C(=O)COc1ccc([N+](=O)[O-])cc1C(C)O. The summed E-state index contributed by atoms with van der Waals surface area (Å²) in [6, 6.07) is 3.91. The van der Waals surface area contributed by atoms with Crippen LogP contribution in [0.2, 0.25) is 0 Å². The van der Waals surface area contributed by atoms with Crippen LogP contribution in [0.15, 0.2) is 18.2 Å². The first-order chi connectivity index (χ1) is 9.36. The smallest absolute Gasteiger partial charge is 0.270 e. The molecule has 0 saturated heterocycles. The van der Waals surface area contributed by atoms with Gasteiger partial charge in [0.1, 0.15) is 5.75 Å². The Labute approximate surface area is 116 Å². The number of nitrogens with zero attached hydrogens (tertiary/aromatic N) is 2. The fourth-order valence-corrected chi connectivity index (χ4v) is 1.53. The first kappa shape index (κ1) is 15.9. The van der Waals surface area contributed by atoms with Gasteiger partial charge >= 0.3 is 0 Å². The molecule has 20 heavy (non-hydrogen) atoms. The van der Waals surface area contributed by atoms with E-state index in [-0.39, 0.29) is 29.5 Å². The lowest BCUT2D eigenvalue weighted by molar-refractivity contribution is -0.385. The molecule has 0 bridgehead atoms. The Morgan fingerprint density at radius 2 is 2.20 bits per heavy atom. The second-order valence-corrected chi connectivity index (χ2v) is 4.35. The highest BCUT2D eigenvalue weighted by atomic mass is 16.6. The lowest BCUT2D eigenvalue weighted by Gasteiger charge is -2.17. The van der Waals surface area contributed by atoms with Crippen molar-refractivity contribution in [2.45, 2.75) is 20.0 Å². The molecule has 0 radical (unpaired) electrons. The van der Waals surface area contributed by atoms with Crippen molar-refractivity contribution in [2.24, 2.45) is 0 Å². The summed E-state index contributed by atoms with van der Waals surface area (Å²) in [5, 5.41) is 20.3. The first-order valence-electron chi connectivity index (χ1n) is 6.20. The second-order valence-electron chi connectivity index (χ2n) is 4.35. The zero-order chi connectivity index (χ0) is 15.3. The second kappa shape index (κ2) is 6.85. The molecule has 0 aliphatic rings. The first-order valence-corrected chi connectivity index (χ1v) is 6.20. The summed E-state index contributed by atoms with van der Waals surface area (Å²) in [6.45, 7) is 3.70. The number of likely N-dealkylation sites (N-methyl/N-ethyl adjacent to an activating group) is 1. The lowest BCUT2D eigenvalue weighted by Crippen LogP contribution is -2.31. The quantitative estimate of drug-likeness (QED) is 0.630. The molecule has 7 heteroatoms. The van der Waals surface area contributed by atoms with Gasteiger partial charge in [-0.25, -0.2) is 0 Å². The number of hydrogen-bond donors (Lipinski definition) is 1. The minimum Gasteiger partial charge on any atom is -0.483 e. The molecule has 0 aliphatic carbocycles. The van der Waals surface area contributed by atoms with Gasteiger partial charge in [-0.3, -0.25) is 14.9 Å². The molecule has 110 valence electrons. The summed E-state index contributed by atoms with van der Waals surface area (Å²) in [5.74, 6) is 0.0610. The minimum absolute atomic E-state index is 0.134. The molecule has 0 saturated carbocycles. The molecular weight excluding hydrogens is 264 g/mol. The highest BCUT2D eigenvalue weighted by molar-refractivity contribution is 5.77. The van der Waals surface area contributed by atoms with Crippen molar-refractivity contribution in [1.82, 2.24) is 4.90 Å². The highest BCUT2D eigenvalue weighted by Gasteiger charge is 2.16. The zero-order valence-electron chi connectivity index (χ0n) is 11.7. The Hall–Kier alpha value is -2.15. The molecule has 1 amide bonds. The average molecular weight is 282 g/mol. The van der Waals surface area contributed by atoms with Gasteiger partial charge in [-0.1, -0.05) is 0 Å². The third kappa shape index (κ3) is 3.92. The summed E-state index contributed by atoms with van der Waals surface area (Å²) in [7, 11) is 1.65. The van der Waals surface area contributed by atoms with Crippen LogP contribution in [0.1, 0.15) is 25.5 Å². The van der Waals surface area contributed by atoms with Crippen molar-refractivity contribution in [3.05, 3.63) is 33.9 Å². The Morgan fingerprint density at radius 3 is 2.70 bits per heavy atom. The van der Waals surface area contributed by atoms with Gasteiger partial charge < -0.3 is 14.7 Å². The van der Waals surface area contributed by atoms with E-state index in [1.807, 2.05) is 6.92 Å². The Bertz CT molecular complexity index is 502. The van der Waals surface area contributed by atoms with Crippen LogP contribution in [0, 0.1) is 10.1 Å². The number of ether oxygens (including phenoxy) is 1. The van der Waals surface area contributed by atoms with Crippen molar-refractivity contribution in [3.63, 3.8) is 0 Å². The number of hydrogen-bond acceptors (Lipinski definition) is 5. The molecule has 1 aromatic carbocycles. The number of carbonyl (C=O) groups is 1. The van der Waals surface area contributed by atoms with E-state index in [0.29, 0.717) is 6.54 Å². The maximum absolute atomic E-state index is 11.6. The number of non-ortho nitro benzene ring substituents is 1. The molecule has 1 N–H and O–H groups in total. The van der Waals surface area contributed by atoms with Crippen LogP contribution in [0.25, 0.3) is 0 Å². The van der Waals surface area contributed by atoms with Crippen LogP contribution in [0.3, 0.4) is 0 Å². The number of aliphatic hydroxyl groups is 1. The molecule has 1 rings (SSSR count).